The fourth-order valence-electron chi connectivity index (χ4n) is 3.17. The molecule has 1 saturated heterocycles. The molecule has 0 unspecified atom stereocenters. The van der Waals surface area contributed by atoms with E-state index in [-0.39, 0.29) is 22.7 Å². The third kappa shape index (κ3) is 7.05. The molecule has 0 atom stereocenters. The van der Waals surface area contributed by atoms with Gasteiger partial charge in [0, 0.05) is 44.4 Å². The molecule has 1 aromatic rings. The Kier molecular flexibility index (Phi) is 8.51. The first kappa shape index (κ1) is 21.5. The van der Waals surface area contributed by atoms with Crippen molar-refractivity contribution in [3.63, 3.8) is 0 Å². The van der Waals surface area contributed by atoms with E-state index < -0.39 is 0 Å². The molecule has 0 bridgehead atoms. The number of amides is 2. The molecule has 2 rings (SSSR count). The highest BCUT2D eigenvalue weighted by atomic mass is 16.6. The van der Waals surface area contributed by atoms with Crippen LogP contribution in [-0.4, -0.2) is 54.0 Å². The van der Waals surface area contributed by atoms with Crippen molar-refractivity contribution in [2.45, 2.75) is 45.1 Å². The van der Waals surface area contributed by atoms with Crippen molar-refractivity contribution >= 4 is 17.7 Å². The molecule has 0 aromatic heterocycles. The zero-order chi connectivity index (χ0) is 20.4. The number of nitro groups is 1. The monoisotopic (exact) mass is 390 g/mol. The number of hydrogen-bond acceptors (Lipinski definition) is 4. The van der Waals surface area contributed by atoms with Crippen LogP contribution >= 0.6 is 0 Å². The van der Waals surface area contributed by atoms with E-state index in [1.165, 1.54) is 0 Å². The van der Waals surface area contributed by atoms with E-state index in [0.29, 0.717) is 19.6 Å². The van der Waals surface area contributed by atoms with Crippen molar-refractivity contribution in [3.8, 4) is 0 Å². The number of hydrogen-bond donors (Lipinski definition) is 3. The number of likely N-dealkylation sites (tertiary alicyclic amines) is 1. The number of benzene rings is 1. The molecule has 4 N–H and O–H groups in total. The molecular weight excluding hydrogens is 360 g/mol. The molecule has 9 nitrogen and oxygen atoms in total. The molecule has 154 valence electrons. The van der Waals surface area contributed by atoms with Crippen molar-refractivity contribution < 1.29 is 9.72 Å². The molecule has 1 aliphatic rings. The van der Waals surface area contributed by atoms with Gasteiger partial charge in [0.1, 0.15) is 0 Å². The number of rotatable bonds is 8. The second-order valence-electron chi connectivity index (χ2n) is 6.89. The highest BCUT2D eigenvalue weighted by Crippen LogP contribution is 2.14. The molecule has 1 aliphatic heterocycles. The third-order valence-electron chi connectivity index (χ3n) is 4.78. The average Bonchev–Trinajstić information content (AvgIpc) is 2.68. The van der Waals surface area contributed by atoms with E-state index in [9.17, 15) is 14.9 Å². The first-order valence-corrected chi connectivity index (χ1v) is 9.82. The van der Waals surface area contributed by atoms with Gasteiger partial charge < -0.3 is 21.3 Å². The summed E-state index contributed by atoms with van der Waals surface area (Å²) in [5, 5.41) is 17.4. The van der Waals surface area contributed by atoms with Crippen molar-refractivity contribution in [2.24, 2.45) is 10.7 Å². The van der Waals surface area contributed by atoms with Crippen LogP contribution in [0.15, 0.2) is 29.3 Å². The normalized spacial score (nSPS) is 15.3. The summed E-state index contributed by atoms with van der Waals surface area (Å²) in [6.45, 7) is 4.86. The fraction of sp³-hybridized carbons (Fsp3) is 0.579. The Labute approximate surface area is 165 Å². The molecule has 1 aromatic carbocycles. The minimum Gasteiger partial charge on any atom is -0.357 e. The van der Waals surface area contributed by atoms with Gasteiger partial charge in [-0.2, -0.15) is 0 Å². The third-order valence-corrected chi connectivity index (χ3v) is 4.78. The van der Waals surface area contributed by atoms with E-state index in [2.05, 4.69) is 15.6 Å². The summed E-state index contributed by atoms with van der Waals surface area (Å²) in [5.74, 6) is 0.801. The van der Waals surface area contributed by atoms with Gasteiger partial charge in [0.05, 0.1) is 4.92 Å². The molecule has 2 amide bonds. The lowest BCUT2D eigenvalue weighted by atomic mass is 10.1. The maximum atomic E-state index is 11.2. The number of nitrogens with zero attached hydrogens (tertiary/aromatic N) is 3. The van der Waals surface area contributed by atoms with E-state index in [1.807, 2.05) is 19.1 Å². The van der Waals surface area contributed by atoms with E-state index >= 15 is 0 Å². The van der Waals surface area contributed by atoms with Gasteiger partial charge in [-0.1, -0.05) is 12.1 Å². The molecule has 0 radical (unpaired) electrons. The van der Waals surface area contributed by atoms with Gasteiger partial charge in [-0.15, -0.1) is 0 Å². The molecule has 0 spiro atoms. The first-order valence-electron chi connectivity index (χ1n) is 9.82. The Morgan fingerprint density at radius 2 is 1.96 bits per heavy atom. The van der Waals surface area contributed by atoms with E-state index in [4.69, 9.17) is 5.73 Å². The smallest absolute Gasteiger partial charge is 0.314 e. The predicted octanol–water partition coefficient (Wildman–Crippen LogP) is 2.02. The van der Waals surface area contributed by atoms with Crippen LogP contribution in [0.1, 0.15) is 38.2 Å². The minimum absolute atomic E-state index is 0.122. The SMILES string of the molecule is CCNC(=NCCCCc1ccc([N+](=O)[O-])cc1)NC1CCN(C(N)=O)CC1. The number of unbranched alkanes of at least 4 members (excludes halogenated alkanes) is 1. The summed E-state index contributed by atoms with van der Waals surface area (Å²) in [6, 6.07) is 6.64. The number of guanidine groups is 1. The standard InChI is InChI=1S/C19H30N6O3/c1-2-21-19(23-16-10-13-24(14-11-16)18(20)26)22-12-4-3-5-15-6-8-17(9-7-15)25(27)28/h6-9,16H,2-5,10-14H2,1H3,(H2,20,26)(H2,21,22,23). The summed E-state index contributed by atoms with van der Waals surface area (Å²) >= 11 is 0. The van der Waals surface area contributed by atoms with Crippen molar-refractivity contribution in [3.05, 3.63) is 39.9 Å². The predicted molar refractivity (Wildman–Crippen MR) is 109 cm³/mol. The number of primary amides is 1. The Bertz CT molecular complexity index is 669. The number of carbonyl (C=O) groups is 1. The lowest BCUT2D eigenvalue weighted by molar-refractivity contribution is -0.384. The number of aryl methyl sites for hydroxylation is 1. The van der Waals surface area contributed by atoms with Crippen LogP contribution in [0.2, 0.25) is 0 Å². The summed E-state index contributed by atoms with van der Waals surface area (Å²) in [6.07, 6.45) is 4.50. The van der Waals surface area contributed by atoms with E-state index in [0.717, 1.165) is 50.2 Å². The highest BCUT2D eigenvalue weighted by molar-refractivity contribution is 5.80. The molecular formula is C19H30N6O3. The highest BCUT2D eigenvalue weighted by Gasteiger charge is 2.21. The lowest BCUT2D eigenvalue weighted by Gasteiger charge is -2.32. The number of urea groups is 1. The molecule has 1 heterocycles. The second-order valence-corrected chi connectivity index (χ2v) is 6.89. The zero-order valence-electron chi connectivity index (χ0n) is 16.4. The number of non-ortho nitro benzene ring substituents is 1. The van der Waals surface area contributed by atoms with Gasteiger partial charge >= 0.3 is 6.03 Å². The summed E-state index contributed by atoms with van der Waals surface area (Å²) in [7, 11) is 0. The number of carbonyl (C=O) groups excluding carboxylic acids is 1. The van der Waals surface area contributed by atoms with Gasteiger partial charge in [-0.25, -0.2) is 4.79 Å². The maximum absolute atomic E-state index is 11.2. The zero-order valence-corrected chi connectivity index (χ0v) is 16.4. The van der Waals surface area contributed by atoms with Crippen LogP contribution in [0, 0.1) is 10.1 Å². The van der Waals surface area contributed by atoms with Crippen LogP contribution in [0.4, 0.5) is 10.5 Å². The molecule has 28 heavy (non-hydrogen) atoms. The number of nitro benzene ring substituents is 1. The number of nitrogens with one attached hydrogen (secondary N) is 2. The lowest BCUT2D eigenvalue weighted by Crippen LogP contribution is -2.50. The van der Waals surface area contributed by atoms with Gasteiger partial charge in [0.15, 0.2) is 5.96 Å². The molecule has 0 aliphatic carbocycles. The van der Waals surface area contributed by atoms with Crippen molar-refractivity contribution in [1.82, 2.24) is 15.5 Å². The number of nitrogens with two attached hydrogens (primary N) is 1. The Hall–Kier alpha value is -2.84. The van der Waals surface area contributed by atoms with Crippen molar-refractivity contribution in [2.75, 3.05) is 26.2 Å². The van der Waals surface area contributed by atoms with Gasteiger partial charge in [0.2, 0.25) is 0 Å². The Morgan fingerprint density at radius 3 is 2.54 bits per heavy atom. The van der Waals surface area contributed by atoms with E-state index in [1.54, 1.807) is 17.0 Å². The second kappa shape index (κ2) is 11.1. The number of aliphatic imine (C=N–C) groups is 1. The van der Waals surface area contributed by atoms with Crippen LogP contribution in [0.3, 0.4) is 0 Å². The average molecular weight is 390 g/mol. The Morgan fingerprint density at radius 1 is 1.29 bits per heavy atom. The van der Waals surface area contributed by atoms with Gasteiger partial charge in [-0.3, -0.25) is 15.1 Å². The molecule has 9 heteroatoms. The van der Waals surface area contributed by atoms with Crippen LogP contribution in [0.5, 0.6) is 0 Å². The Balaban J connectivity index is 1.72. The van der Waals surface area contributed by atoms with Crippen LogP contribution in [-0.2, 0) is 6.42 Å². The topological polar surface area (TPSA) is 126 Å². The van der Waals surface area contributed by atoms with Gasteiger partial charge in [-0.05, 0) is 44.6 Å². The maximum Gasteiger partial charge on any atom is 0.314 e. The van der Waals surface area contributed by atoms with Crippen LogP contribution in [0.25, 0.3) is 0 Å². The molecule has 0 saturated carbocycles. The minimum atomic E-state index is -0.383. The summed E-state index contributed by atoms with van der Waals surface area (Å²) in [5.41, 5.74) is 6.54. The van der Waals surface area contributed by atoms with Gasteiger partial charge in [0.25, 0.3) is 5.69 Å². The number of piperidine rings is 1. The largest absolute Gasteiger partial charge is 0.357 e. The summed E-state index contributed by atoms with van der Waals surface area (Å²) < 4.78 is 0. The van der Waals surface area contributed by atoms with Crippen LogP contribution < -0.4 is 16.4 Å². The fourth-order valence-corrected chi connectivity index (χ4v) is 3.17. The summed E-state index contributed by atoms with van der Waals surface area (Å²) in [4.78, 5) is 27.8. The first-order chi connectivity index (χ1) is 13.5. The quantitative estimate of drug-likeness (QED) is 0.206. The molecule has 1 fully saturated rings. The van der Waals surface area contributed by atoms with Crippen molar-refractivity contribution in [1.29, 1.82) is 0 Å².